The Labute approximate surface area is 126 Å². The minimum absolute atomic E-state index is 0.150. The molecule has 5 nitrogen and oxygen atoms in total. The van der Waals surface area contributed by atoms with Crippen LogP contribution in [0.2, 0.25) is 0 Å². The van der Waals surface area contributed by atoms with Gasteiger partial charge in [0.15, 0.2) is 11.5 Å². The second-order valence-electron chi connectivity index (χ2n) is 5.49. The van der Waals surface area contributed by atoms with Gasteiger partial charge < -0.3 is 19.7 Å². The maximum Gasteiger partial charge on any atom is 0.241 e. The zero-order valence-corrected chi connectivity index (χ0v) is 13.0. The fourth-order valence-electron chi connectivity index (χ4n) is 2.49. The summed E-state index contributed by atoms with van der Waals surface area (Å²) in [5.74, 6) is 2.21. The van der Waals surface area contributed by atoms with Crippen molar-refractivity contribution in [2.75, 3.05) is 39.2 Å². The lowest BCUT2D eigenvalue weighted by Crippen LogP contribution is -2.40. The number of methoxy groups -OCH3 is 2. The average Bonchev–Trinajstić information content (AvgIpc) is 2.52. The molecule has 1 saturated heterocycles. The number of rotatable bonds is 5. The lowest BCUT2D eigenvalue weighted by Gasteiger charge is -2.30. The highest BCUT2D eigenvalue weighted by atomic mass is 16.5. The monoisotopic (exact) mass is 292 g/mol. The molecule has 1 aromatic rings. The highest BCUT2D eigenvalue weighted by Crippen LogP contribution is 2.29. The van der Waals surface area contributed by atoms with E-state index in [1.54, 1.807) is 14.2 Å². The molecule has 1 heterocycles. The minimum Gasteiger partial charge on any atom is -0.493 e. The largest absolute Gasteiger partial charge is 0.493 e. The Morgan fingerprint density at radius 1 is 1.24 bits per heavy atom. The molecule has 116 valence electrons. The molecule has 0 aliphatic carbocycles. The summed E-state index contributed by atoms with van der Waals surface area (Å²) in [6, 6.07) is 5.55. The van der Waals surface area contributed by atoms with E-state index >= 15 is 0 Å². The predicted molar refractivity (Wildman–Crippen MR) is 83.0 cm³/mol. The van der Waals surface area contributed by atoms with E-state index in [4.69, 9.17) is 9.47 Å². The number of nitrogens with zero attached hydrogens (tertiary/aromatic N) is 1. The van der Waals surface area contributed by atoms with Crippen LogP contribution in [0.25, 0.3) is 0 Å². The number of nitrogens with one attached hydrogen (secondary N) is 1. The fraction of sp³-hybridized carbons (Fsp3) is 0.562. The normalized spacial score (nSPS) is 15.7. The molecule has 1 aromatic carbocycles. The maximum atomic E-state index is 12.2. The third-order valence-electron chi connectivity index (χ3n) is 3.96. The van der Waals surface area contributed by atoms with Crippen LogP contribution in [0.4, 0.5) is 5.69 Å². The molecular weight excluding hydrogens is 268 g/mol. The van der Waals surface area contributed by atoms with Gasteiger partial charge in [-0.25, -0.2) is 0 Å². The molecule has 0 spiro atoms. The Balaban J connectivity index is 1.89. The van der Waals surface area contributed by atoms with E-state index in [1.165, 1.54) is 0 Å². The second-order valence-corrected chi connectivity index (χ2v) is 5.49. The number of hydrogen-bond acceptors (Lipinski definition) is 4. The van der Waals surface area contributed by atoms with E-state index in [1.807, 2.05) is 23.1 Å². The molecule has 1 amide bonds. The summed E-state index contributed by atoms with van der Waals surface area (Å²) < 4.78 is 10.4. The van der Waals surface area contributed by atoms with Crippen molar-refractivity contribution in [3.8, 4) is 11.5 Å². The van der Waals surface area contributed by atoms with Gasteiger partial charge in [-0.3, -0.25) is 4.79 Å². The molecule has 21 heavy (non-hydrogen) atoms. The molecule has 1 aliphatic heterocycles. The first kappa shape index (κ1) is 15.5. The first-order chi connectivity index (χ1) is 10.1. The standard InChI is InChI=1S/C16H24N2O3/c1-12-6-8-18(9-7-12)16(19)11-17-13-4-5-14(20-2)15(10-13)21-3/h4-5,10,12,17H,6-9,11H2,1-3H3. The SMILES string of the molecule is COc1ccc(NCC(=O)N2CCC(C)CC2)cc1OC. The van der Waals surface area contributed by atoms with E-state index in [-0.39, 0.29) is 5.91 Å². The summed E-state index contributed by atoms with van der Waals surface area (Å²) in [5, 5.41) is 3.15. The van der Waals surface area contributed by atoms with Gasteiger partial charge in [0.05, 0.1) is 20.8 Å². The van der Waals surface area contributed by atoms with Gasteiger partial charge >= 0.3 is 0 Å². The molecule has 0 unspecified atom stereocenters. The lowest BCUT2D eigenvalue weighted by atomic mass is 9.99. The van der Waals surface area contributed by atoms with Crippen molar-refractivity contribution in [2.45, 2.75) is 19.8 Å². The second kappa shape index (κ2) is 7.20. The predicted octanol–water partition coefficient (Wildman–Crippen LogP) is 2.37. The molecular formula is C16H24N2O3. The quantitative estimate of drug-likeness (QED) is 0.905. The molecule has 1 N–H and O–H groups in total. The highest BCUT2D eigenvalue weighted by molar-refractivity contribution is 5.81. The first-order valence-corrected chi connectivity index (χ1v) is 7.37. The van der Waals surface area contributed by atoms with Crippen LogP contribution in [-0.4, -0.2) is 44.7 Å². The van der Waals surface area contributed by atoms with Gasteiger partial charge in [-0.2, -0.15) is 0 Å². The van der Waals surface area contributed by atoms with Crippen molar-refractivity contribution in [3.63, 3.8) is 0 Å². The van der Waals surface area contributed by atoms with Crippen LogP contribution in [0, 0.1) is 5.92 Å². The van der Waals surface area contributed by atoms with Crippen LogP contribution in [0.5, 0.6) is 11.5 Å². The molecule has 1 aliphatic rings. The Bertz CT molecular complexity index is 482. The van der Waals surface area contributed by atoms with Crippen LogP contribution < -0.4 is 14.8 Å². The average molecular weight is 292 g/mol. The van der Waals surface area contributed by atoms with Gasteiger partial charge in [-0.15, -0.1) is 0 Å². The summed E-state index contributed by atoms with van der Waals surface area (Å²) in [4.78, 5) is 14.1. The molecule has 5 heteroatoms. The van der Waals surface area contributed by atoms with Crippen LogP contribution >= 0.6 is 0 Å². The highest BCUT2D eigenvalue weighted by Gasteiger charge is 2.19. The summed E-state index contributed by atoms with van der Waals surface area (Å²) in [5.41, 5.74) is 0.853. The zero-order valence-electron chi connectivity index (χ0n) is 13.0. The number of amides is 1. The number of benzene rings is 1. The van der Waals surface area contributed by atoms with Gasteiger partial charge in [-0.1, -0.05) is 6.92 Å². The Morgan fingerprint density at radius 2 is 1.90 bits per heavy atom. The number of ether oxygens (including phenoxy) is 2. The third-order valence-corrected chi connectivity index (χ3v) is 3.96. The van der Waals surface area contributed by atoms with Gasteiger partial charge in [-0.05, 0) is 30.9 Å². The van der Waals surface area contributed by atoms with Gasteiger partial charge in [0.2, 0.25) is 5.91 Å². The van der Waals surface area contributed by atoms with E-state index in [9.17, 15) is 4.79 Å². The Kier molecular flexibility index (Phi) is 5.31. The van der Waals surface area contributed by atoms with E-state index in [2.05, 4.69) is 12.2 Å². The number of carbonyl (C=O) groups is 1. The summed E-state index contributed by atoms with van der Waals surface area (Å²) in [6.07, 6.45) is 2.20. The fourth-order valence-corrected chi connectivity index (χ4v) is 2.49. The molecule has 0 saturated carbocycles. The number of anilines is 1. The molecule has 0 aromatic heterocycles. The minimum atomic E-state index is 0.150. The van der Waals surface area contributed by atoms with Crippen LogP contribution in [-0.2, 0) is 4.79 Å². The van der Waals surface area contributed by atoms with E-state index in [0.717, 1.165) is 37.5 Å². The molecule has 1 fully saturated rings. The van der Waals surface area contributed by atoms with Crippen molar-refractivity contribution in [1.29, 1.82) is 0 Å². The van der Waals surface area contributed by atoms with E-state index in [0.29, 0.717) is 18.0 Å². The van der Waals surface area contributed by atoms with Crippen LogP contribution in [0.3, 0.4) is 0 Å². The van der Waals surface area contributed by atoms with Crippen molar-refractivity contribution < 1.29 is 14.3 Å². The Hall–Kier alpha value is -1.91. The molecule has 0 bridgehead atoms. The van der Waals surface area contributed by atoms with E-state index < -0.39 is 0 Å². The number of piperidine rings is 1. The Morgan fingerprint density at radius 3 is 2.52 bits per heavy atom. The number of likely N-dealkylation sites (tertiary alicyclic amines) is 1. The van der Waals surface area contributed by atoms with Crippen molar-refractivity contribution in [2.24, 2.45) is 5.92 Å². The third kappa shape index (κ3) is 4.03. The summed E-state index contributed by atoms with van der Waals surface area (Å²) in [7, 11) is 3.20. The van der Waals surface area contributed by atoms with Crippen molar-refractivity contribution >= 4 is 11.6 Å². The van der Waals surface area contributed by atoms with Crippen molar-refractivity contribution in [3.05, 3.63) is 18.2 Å². The first-order valence-electron chi connectivity index (χ1n) is 7.37. The van der Waals surface area contributed by atoms with Gasteiger partial charge in [0.25, 0.3) is 0 Å². The number of hydrogen-bond donors (Lipinski definition) is 1. The zero-order chi connectivity index (χ0) is 15.2. The number of carbonyl (C=O) groups excluding carboxylic acids is 1. The van der Waals surface area contributed by atoms with Crippen LogP contribution in [0.15, 0.2) is 18.2 Å². The molecule has 0 radical (unpaired) electrons. The summed E-state index contributed by atoms with van der Waals surface area (Å²) in [6.45, 7) is 4.29. The lowest BCUT2D eigenvalue weighted by molar-refractivity contribution is -0.130. The van der Waals surface area contributed by atoms with Crippen molar-refractivity contribution in [1.82, 2.24) is 4.90 Å². The smallest absolute Gasteiger partial charge is 0.241 e. The topological polar surface area (TPSA) is 50.8 Å². The van der Waals surface area contributed by atoms with Crippen LogP contribution in [0.1, 0.15) is 19.8 Å². The molecule has 2 rings (SSSR count). The van der Waals surface area contributed by atoms with Gasteiger partial charge in [0.1, 0.15) is 0 Å². The van der Waals surface area contributed by atoms with Gasteiger partial charge in [0, 0.05) is 24.8 Å². The summed E-state index contributed by atoms with van der Waals surface area (Å²) >= 11 is 0. The molecule has 0 atom stereocenters. The maximum absolute atomic E-state index is 12.2.